The molecule has 2 amide bonds. The molecule has 1 heterocycles. The van der Waals surface area contributed by atoms with Crippen LogP contribution in [0.1, 0.15) is 45.4 Å². The molecule has 0 aliphatic heterocycles. The van der Waals surface area contributed by atoms with E-state index in [4.69, 9.17) is 9.47 Å². The van der Waals surface area contributed by atoms with Gasteiger partial charge in [0, 0.05) is 7.05 Å². The Morgan fingerprint density at radius 2 is 1.88 bits per heavy atom. The molecule has 0 spiro atoms. The minimum absolute atomic E-state index is 0.105. The predicted octanol–water partition coefficient (Wildman–Crippen LogP) is 1.48. The molecule has 8 nitrogen and oxygen atoms in total. The van der Waals surface area contributed by atoms with Crippen LogP contribution in [0.15, 0.2) is 0 Å². The van der Waals surface area contributed by atoms with Gasteiger partial charge in [-0.3, -0.25) is 14.4 Å². The highest BCUT2D eigenvalue weighted by Gasteiger charge is 2.32. The Hall–Kier alpha value is -2.42. The Bertz CT molecular complexity index is 708. The number of ether oxygens (including phenoxy) is 2. The average molecular weight is 368 g/mol. The number of amides is 2. The molecule has 0 aromatic carbocycles. The molecule has 1 aliphatic carbocycles. The van der Waals surface area contributed by atoms with Gasteiger partial charge in [0.1, 0.15) is 5.00 Å². The number of carbonyl (C=O) groups excluding carboxylic acids is 4. The summed E-state index contributed by atoms with van der Waals surface area (Å²) in [5.74, 6) is -2.07. The maximum atomic E-state index is 12.2. The maximum Gasteiger partial charge on any atom is 0.341 e. The van der Waals surface area contributed by atoms with Crippen LogP contribution in [0.5, 0.6) is 0 Å². The van der Waals surface area contributed by atoms with Crippen molar-refractivity contribution in [1.29, 1.82) is 0 Å². The van der Waals surface area contributed by atoms with Crippen molar-refractivity contribution in [2.24, 2.45) is 5.92 Å². The molecule has 9 heteroatoms. The monoisotopic (exact) mass is 368 g/mol. The van der Waals surface area contributed by atoms with Crippen LogP contribution in [0.3, 0.4) is 0 Å². The quantitative estimate of drug-likeness (QED) is 0.706. The zero-order valence-electron chi connectivity index (χ0n) is 14.3. The normalized spacial score (nSPS) is 13.1. The molecule has 0 unspecified atom stereocenters. The lowest BCUT2D eigenvalue weighted by Crippen LogP contribution is -2.22. The van der Waals surface area contributed by atoms with Crippen LogP contribution in [0.25, 0.3) is 0 Å². The summed E-state index contributed by atoms with van der Waals surface area (Å²) in [6.07, 6.45) is 1.57. The zero-order chi connectivity index (χ0) is 18.6. The number of carbonyl (C=O) groups is 4. The molecular weight excluding hydrogens is 348 g/mol. The lowest BCUT2D eigenvalue weighted by Gasteiger charge is -2.07. The van der Waals surface area contributed by atoms with Crippen molar-refractivity contribution in [3.05, 3.63) is 16.0 Å². The topological polar surface area (TPSA) is 111 Å². The number of rotatable bonds is 7. The van der Waals surface area contributed by atoms with Crippen molar-refractivity contribution in [3.8, 4) is 0 Å². The molecule has 0 bridgehead atoms. The third kappa shape index (κ3) is 4.56. The maximum absolute atomic E-state index is 12.2. The molecule has 1 aromatic heterocycles. The molecule has 25 heavy (non-hydrogen) atoms. The fourth-order valence-electron chi connectivity index (χ4n) is 2.12. The molecule has 2 rings (SSSR count). The van der Waals surface area contributed by atoms with Gasteiger partial charge in [-0.25, -0.2) is 4.79 Å². The molecule has 0 saturated heterocycles. The molecule has 1 saturated carbocycles. The van der Waals surface area contributed by atoms with E-state index in [1.54, 1.807) is 13.8 Å². The zero-order valence-corrected chi connectivity index (χ0v) is 15.1. The van der Waals surface area contributed by atoms with Gasteiger partial charge >= 0.3 is 11.9 Å². The molecular formula is C16H20N2O6S. The highest BCUT2D eigenvalue weighted by atomic mass is 32.1. The van der Waals surface area contributed by atoms with Gasteiger partial charge in [-0.2, -0.15) is 0 Å². The van der Waals surface area contributed by atoms with Gasteiger partial charge in [-0.15, -0.1) is 11.3 Å². The summed E-state index contributed by atoms with van der Waals surface area (Å²) in [6, 6.07) is 0. The van der Waals surface area contributed by atoms with E-state index in [0.29, 0.717) is 10.4 Å². The number of hydrogen-bond donors (Lipinski definition) is 2. The van der Waals surface area contributed by atoms with E-state index in [0.717, 1.165) is 24.2 Å². The molecule has 2 N–H and O–H groups in total. The summed E-state index contributed by atoms with van der Waals surface area (Å²) in [6.45, 7) is 2.99. The van der Waals surface area contributed by atoms with Crippen molar-refractivity contribution >= 4 is 40.1 Å². The van der Waals surface area contributed by atoms with Gasteiger partial charge < -0.3 is 20.1 Å². The lowest BCUT2D eigenvalue weighted by molar-refractivity contribution is -0.148. The molecule has 0 radical (unpaired) electrons. The van der Waals surface area contributed by atoms with E-state index in [2.05, 4.69) is 10.6 Å². The van der Waals surface area contributed by atoms with Gasteiger partial charge in [-0.1, -0.05) is 0 Å². The van der Waals surface area contributed by atoms with Crippen molar-refractivity contribution < 1.29 is 28.7 Å². The molecule has 1 aromatic rings. The third-order valence-corrected chi connectivity index (χ3v) is 4.77. The summed E-state index contributed by atoms with van der Waals surface area (Å²) in [5, 5.41) is 5.21. The van der Waals surface area contributed by atoms with Gasteiger partial charge in [0.25, 0.3) is 11.8 Å². The van der Waals surface area contributed by atoms with Gasteiger partial charge in [0.2, 0.25) is 0 Å². The predicted molar refractivity (Wildman–Crippen MR) is 90.7 cm³/mol. The SMILES string of the molecule is CCOC(=O)c1c(NC(=O)COC(=O)C2CC2)sc(C(=O)NC)c1C. The first-order valence-electron chi connectivity index (χ1n) is 7.88. The van der Waals surface area contributed by atoms with Crippen LogP contribution in [0, 0.1) is 12.8 Å². The largest absolute Gasteiger partial charge is 0.462 e. The summed E-state index contributed by atoms with van der Waals surface area (Å²) in [5.41, 5.74) is 0.556. The summed E-state index contributed by atoms with van der Waals surface area (Å²) >= 11 is 0.969. The van der Waals surface area contributed by atoms with Crippen LogP contribution >= 0.6 is 11.3 Å². The number of esters is 2. The molecule has 136 valence electrons. The Kier molecular flexibility index (Phi) is 6.13. The molecule has 0 atom stereocenters. The Morgan fingerprint density at radius 3 is 2.44 bits per heavy atom. The summed E-state index contributed by atoms with van der Waals surface area (Å²) in [7, 11) is 1.47. The average Bonchev–Trinajstić information content (AvgIpc) is 3.37. The number of hydrogen-bond acceptors (Lipinski definition) is 7. The first kappa shape index (κ1) is 18.9. The van der Waals surface area contributed by atoms with Crippen LogP contribution in [0.4, 0.5) is 5.00 Å². The van der Waals surface area contributed by atoms with E-state index in [-0.39, 0.29) is 29.0 Å². The van der Waals surface area contributed by atoms with Crippen LogP contribution in [-0.4, -0.2) is 44.0 Å². The highest BCUT2D eigenvalue weighted by Crippen LogP contribution is 2.34. The third-order valence-electron chi connectivity index (χ3n) is 3.57. The van der Waals surface area contributed by atoms with Crippen molar-refractivity contribution in [1.82, 2.24) is 5.32 Å². The Balaban J connectivity index is 2.16. The van der Waals surface area contributed by atoms with Crippen LogP contribution in [0.2, 0.25) is 0 Å². The van der Waals surface area contributed by atoms with E-state index < -0.39 is 24.5 Å². The molecule has 1 aliphatic rings. The minimum Gasteiger partial charge on any atom is -0.462 e. The van der Waals surface area contributed by atoms with E-state index in [1.807, 2.05) is 0 Å². The van der Waals surface area contributed by atoms with E-state index >= 15 is 0 Å². The van der Waals surface area contributed by atoms with Gasteiger partial charge in [0.05, 0.1) is 23.0 Å². The smallest absolute Gasteiger partial charge is 0.341 e. The Labute approximate surface area is 148 Å². The second-order valence-electron chi connectivity index (χ2n) is 5.49. The summed E-state index contributed by atoms with van der Waals surface area (Å²) in [4.78, 5) is 47.9. The van der Waals surface area contributed by atoms with Crippen molar-refractivity contribution in [2.75, 3.05) is 25.6 Å². The first-order chi connectivity index (χ1) is 11.9. The van der Waals surface area contributed by atoms with E-state index in [1.165, 1.54) is 7.05 Å². The highest BCUT2D eigenvalue weighted by molar-refractivity contribution is 7.18. The summed E-state index contributed by atoms with van der Waals surface area (Å²) < 4.78 is 9.91. The Morgan fingerprint density at radius 1 is 1.20 bits per heavy atom. The molecule has 1 fully saturated rings. The van der Waals surface area contributed by atoms with Gasteiger partial charge in [-0.05, 0) is 32.3 Å². The first-order valence-corrected chi connectivity index (χ1v) is 8.69. The van der Waals surface area contributed by atoms with E-state index in [9.17, 15) is 19.2 Å². The van der Waals surface area contributed by atoms with Crippen molar-refractivity contribution in [3.63, 3.8) is 0 Å². The fourth-order valence-corrected chi connectivity index (χ4v) is 3.27. The van der Waals surface area contributed by atoms with Crippen LogP contribution < -0.4 is 10.6 Å². The second kappa shape index (κ2) is 8.11. The minimum atomic E-state index is -0.628. The number of thiophene rings is 1. The fraction of sp³-hybridized carbons (Fsp3) is 0.500. The standard InChI is InChI=1S/C16H20N2O6S/c1-4-23-16(22)11-8(2)12(13(20)17-3)25-14(11)18-10(19)7-24-15(21)9-5-6-9/h9H,4-7H2,1-3H3,(H,17,20)(H,18,19). The van der Waals surface area contributed by atoms with Crippen molar-refractivity contribution in [2.45, 2.75) is 26.7 Å². The number of nitrogens with one attached hydrogen (secondary N) is 2. The van der Waals surface area contributed by atoms with Gasteiger partial charge in [0.15, 0.2) is 6.61 Å². The second-order valence-corrected chi connectivity index (χ2v) is 6.51. The van der Waals surface area contributed by atoms with Crippen LogP contribution in [-0.2, 0) is 19.1 Å². The lowest BCUT2D eigenvalue weighted by atomic mass is 10.1. The number of anilines is 1.